The molecule has 1 nitrogen and oxygen atoms in total. The number of hydrogen-bond donors (Lipinski definition) is 0. The topological polar surface area (TPSA) is 9.23 Å². The number of rotatable bonds is 0. The minimum Gasteiger partial charge on any atom is -0.493 e. The van der Waals surface area contributed by atoms with Crippen molar-refractivity contribution in [1.82, 2.24) is 0 Å². The summed E-state index contributed by atoms with van der Waals surface area (Å²) < 4.78 is 5.57. The first-order valence-electron chi connectivity index (χ1n) is 4.67. The summed E-state index contributed by atoms with van der Waals surface area (Å²) >= 11 is 0. The van der Waals surface area contributed by atoms with Crippen molar-refractivity contribution >= 4 is 5.57 Å². The quantitative estimate of drug-likeness (QED) is 0.586. The highest BCUT2D eigenvalue weighted by Gasteiger charge is 2.14. The van der Waals surface area contributed by atoms with Gasteiger partial charge in [0.1, 0.15) is 5.75 Å². The van der Waals surface area contributed by atoms with Crippen molar-refractivity contribution in [3.63, 3.8) is 0 Å². The smallest absolute Gasteiger partial charge is 0.126 e. The van der Waals surface area contributed by atoms with Crippen LogP contribution in [0.2, 0.25) is 0 Å². The highest BCUT2D eigenvalue weighted by molar-refractivity contribution is 5.73. The van der Waals surface area contributed by atoms with Gasteiger partial charge in [-0.2, -0.15) is 0 Å². The number of fused-ring (bicyclic) bond motifs is 1. The third-order valence-corrected chi connectivity index (χ3v) is 2.43. The zero-order valence-electron chi connectivity index (χ0n) is 8.13. The molecule has 1 aliphatic heterocycles. The molecule has 0 atom stereocenters. The summed E-state index contributed by atoms with van der Waals surface area (Å²) in [5, 5.41) is 0. The van der Waals surface area contributed by atoms with E-state index in [1.165, 1.54) is 16.7 Å². The third kappa shape index (κ3) is 1.46. The zero-order chi connectivity index (χ0) is 9.26. The van der Waals surface area contributed by atoms with E-state index in [1.54, 1.807) is 0 Å². The summed E-state index contributed by atoms with van der Waals surface area (Å²) in [5.41, 5.74) is 4.12. The Labute approximate surface area is 79.0 Å². The predicted octanol–water partition coefficient (Wildman–Crippen LogP) is 3.26. The van der Waals surface area contributed by atoms with Gasteiger partial charge in [0.2, 0.25) is 0 Å². The SMILES string of the molecule is CC(C)=C1CCOc2ccccc21. The largest absolute Gasteiger partial charge is 0.493 e. The van der Waals surface area contributed by atoms with E-state index in [2.05, 4.69) is 26.0 Å². The second-order valence-electron chi connectivity index (χ2n) is 3.57. The molecule has 0 saturated heterocycles. The molecule has 0 spiro atoms. The van der Waals surface area contributed by atoms with Gasteiger partial charge in [0, 0.05) is 12.0 Å². The van der Waals surface area contributed by atoms with Crippen molar-refractivity contribution in [2.75, 3.05) is 6.61 Å². The highest BCUT2D eigenvalue weighted by atomic mass is 16.5. The monoisotopic (exact) mass is 174 g/mol. The first-order chi connectivity index (χ1) is 6.29. The van der Waals surface area contributed by atoms with E-state index in [1.807, 2.05) is 12.1 Å². The third-order valence-electron chi connectivity index (χ3n) is 2.43. The lowest BCUT2D eigenvalue weighted by Crippen LogP contribution is -2.08. The van der Waals surface area contributed by atoms with Crippen LogP contribution >= 0.6 is 0 Å². The van der Waals surface area contributed by atoms with Crippen LogP contribution in [0.25, 0.3) is 5.57 Å². The van der Waals surface area contributed by atoms with E-state index < -0.39 is 0 Å². The van der Waals surface area contributed by atoms with Crippen LogP contribution in [0.1, 0.15) is 25.8 Å². The number of benzene rings is 1. The van der Waals surface area contributed by atoms with Gasteiger partial charge < -0.3 is 4.74 Å². The molecule has 0 fully saturated rings. The van der Waals surface area contributed by atoms with Crippen molar-refractivity contribution < 1.29 is 4.74 Å². The van der Waals surface area contributed by atoms with Gasteiger partial charge in [0.25, 0.3) is 0 Å². The molecule has 1 heteroatoms. The van der Waals surface area contributed by atoms with Crippen LogP contribution in [0.15, 0.2) is 29.8 Å². The van der Waals surface area contributed by atoms with Crippen molar-refractivity contribution in [2.45, 2.75) is 20.3 Å². The van der Waals surface area contributed by atoms with Gasteiger partial charge in [0.15, 0.2) is 0 Å². The molecular weight excluding hydrogens is 160 g/mol. The molecule has 0 amide bonds. The van der Waals surface area contributed by atoms with Crippen LogP contribution < -0.4 is 4.74 Å². The Morgan fingerprint density at radius 2 is 2.00 bits per heavy atom. The number of para-hydroxylation sites is 1. The van der Waals surface area contributed by atoms with Gasteiger partial charge in [-0.3, -0.25) is 0 Å². The maximum absolute atomic E-state index is 5.57. The van der Waals surface area contributed by atoms with Crippen molar-refractivity contribution in [3.8, 4) is 5.75 Å². The number of ether oxygens (including phenoxy) is 1. The average Bonchev–Trinajstić information content (AvgIpc) is 2.17. The second kappa shape index (κ2) is 3.25. The summed E-state index contributed by atoms with van der Waals surface area (Å²) in [5.74, 6) is 1.03. The Bertz CT molecular complexity index is 346. The average molecular weight is 174 g/mol. The molecule has 0 aromatic heterocycles. The minimum absolute atomic E-state index is 0.817. The molecule has 1 heterocycles. The molecule has 0 bridgehead atoms. The Morgan fingerprint density at radius 3 is 2.77 bits per heavy atom. The standard InChI is InChI=1S/C12H14O/c1-9(2)10-7-8-13-12-6-4-3-5-11(10)12/h3-6H,7-8H2,1-2H3. The molecule has 13 heavy (non-hydrogen) atoms. The van der Waals surface area contributed by atoms with Gasteiger partial charge in [-0.15, -0.1) is 0 Å². The summed E-state index contributed by atoms with van der Waals surface area (Å²) in [6.07, 6.45) is 1.04. The van der Waals surface area contributed by atoms with E-state index in [0.29, 0.717) is 0 Å². The fourth-order valence-electron chi connectivity index (χ4n) is 1.76. The van der Waals surface area contributed by atoms with Crippen molar-refractivity contribution in [1.29, 1.82) is 0 Å². The van der Waals surface area contributed by atoms with Crippen LogP contribution in [0.3, 0.4) is 0 Å². The molecule has 68 valence electrons. The number of hydrogen-bond acceptors (Lipinski definition) is 1. The summed E-state index contributed by atoms with van der Waals surface area (Å²) in [6.45, 7) is 5.15. The summed E-state index contributed by atoms with van der Waals surface area (Å²) in [7, 11) is 0. The van der Waals surface area contributed by atoms with Crippen LogP contribution in [-0.2, 0) is 0 Å². The first kappa shape index (κ1) is 8.36. The van der Waals surface area contributed by atoms with Gasteiger partial charge in [-0.05, 0) is 25.5 Å². The van der Waals surface area contributed by atoms with Crippen LogP contribution in [0.5, 0.6) is 5.75 Å². The molecule has 0 unspecified atom stereocenters. The van der Waals surface area contributed by atoms with Gasteiger partial charge >= 0.3 is 0 Å². The van der Waals surface area contributed by atoms with Crippen LogP contribution in [0, 0.1) is 0 Å². The van der Waals surface area contributed by atoms with E-state index in [4.69, 9.17) is 4.74 Å². The molecule has 1 aromatic rings. The molecule has 0 radical (unpaired) electrons. The minimum atomic E-state index is 0.817. The fraction of sp³-hybridized carbons (Fsp3) is 0.333. The Kier molecular flexibility index (Phi) is 2.09. The second-order valence-corrected chi connectivity index (χ2v) is 3.57. The molecular formula is C12H14O. The maximum Gasteiger partial charge on any atom is 0.126 e. The lowest BCUT2D eigenvalue weighted by molar-refractivity contribution is 0.316. The number of allylic oxidation sites excluding steroid dienone is 1. The van der Waals surface area contributed by atoms with Gasteiger partial charge in [-0.25, -0.2) is 0 Å². The van der Waals surface area contributed by atoms with E-state index in [0.717, 1.165) is 18.8 Å². The molecule has 1 aliphatic rings. The van der Waals surface area contributed by atoms with Crippen LogP contribution in [-0.4, -0.2) is 6.61 Å². The fourth-order valence-corrected chi connectivity index (χ4v) is 1.76. The predicted molar refractivity (Wildman–Crippen MR) is 54.8 cm³/mol. The van der Waals surface area contributed by atoms with E-state index >= 15 is 0 Å². The van der Waals surface area contributed by atoms with Crippen molar-refractivity contribution in [2.24, 2.45) is 0 Å². The van der Waals surface area contributed by atoms with Crippen molar-refractivity contribution in [3.05, 3.63) is 35.4 Å². The molecule has 2 rings (SSSR count). The molecule has 0 saturated carbocycles. The lowest BCUT2D eigenvalue weighted by Gasteiger charge is -2.21. The van der Waals surface area contributed by atoms with E-state index in [-0.39, 0.29) is 0 Å². The zero-order valence-corrected chi connectivity index (χ0v) is 8.13. The maximum atomic E-state index is 5.57. The molecule has 1 aromatic carbocycles. The molecule has 0 aliphatic carbocycles. The Hall–Kier alpha value is -1.24. The lowest BCUT2D eigenvalue weighted by atomic mass is 9.96. The molecule has 0 N–H and O–H groups in total. The summed E-state index contributed by atoms with van der Waals surface area (Å²) in [4.78, 5) is 0. The van der Waals surface area contributed by atoms with Crippen LogP contribution in [0.4, 0.5) is 0 Å². The van der Waals surface area contributed by atoms with Gasteiger partial charge in [-0.1, -0.05) is 23.8 Å². The van der Waals surface area contributed by atoms with Gasteiger partial charge in [0.05, 0.1) is 6.61 Å². The first-order valence-corrected chi connectivity index (χ1v) is 4.67. The normalized spacial score (nSPS) is 14.8. The highest BCUT2D eigenvalue weighted by Crippen LogP contribution is 2.34. The van der Waals surface area contributed by atoms with E-state index in [9.17, 15) is 0 Å². The Morgan fingerprint density at radius 1 is 1.23 bits per heavy atom. The Balaban J connectivity index is 2.55. The summed E-state index contributed by atoms with van der Waals surface area (Å²) in [6, 6.07) is 8.26.